The van der Waals surface area contributed by atoms with Crippen LogP contribution in [0, 0.1) is 5.92 Å². The first kappa shape index (κ1) is 18.2. The molecule has 3 aromatic heterocycles. The fraction of sp³-hybridized carbons (Fsp3) is 0.350. The number of anilines is 3. The van der Waals surface area contributed by atoms with Crippen LogP contribution in [0.15, 0.2) is 43.0 Å². The van der Waals surface area contributed by atoms with Gasteiger partial charge in [-0.15, -0.1) is 0 Å². The topological polar surface area (TPSA) is 103 Å². The van der Waals surface area contributed by atoms with Crippen LogP contribution in [0.2, 0.25) is 0 Å². The Balaban J connectivity index is 1.70. The van der Waals surface area contributed by atoms with E-state index in [1.165, 1.54) is 12.8 Å². The van der Waals surface area contributed by atoms with Gasteiger partial charge in [0, 0.05) is 49.7 Å². The van der Waals surface area contributed by atoms with E-state index in [0.717, 1.165) is 29.1 Å². The van der Waals surface area contributed by atoms with Gasteiger partial charge in [0.1, 0.15) is 0 Å². The SMILES string of the molecule is COCCN(c1ccncc1)c1nccc(-c2cnc(N)nc2CC2CC2)n1. The predicted molar refractivity (Wildman–Crippen MR) is 107 cm³/mol. The number of hydrogen-bond donors (Lipinski definition) is 1. The standard InChI is InChI=1S/C20H23N7O/c1-28-11-10-27(15-4-7-22-8-5-15)20-23-9-6-17(26-20)16-13-24-19(21)25-18(16)12-14-2-3-14/h4-9,13-14H,2-3,10-12H2,1H3,(H2,21,24,25). The van der Waals surface area contributed by atoms with Crippen LogP contribution in [-0.4, -0.2) is 45.2 Å². The molecule has 0 atom stereocenters. The van der Waals surface area contributed by atoms with E-state index in [1.807, 2.05) is 23.1 Å². The molecule has 0 unspecified atom stereocenters. The Morgan fingerprint density at radius 2 is 1.93 bits per heavy atom. The molecule has 4 rings (SSSR count). The summed E-state index contributed by atoms with van der Waals surface area (Å²) in [5.41, 5.74) is 9.43. The third-order valence-electron chi connectivity index (χ3n) is 4.72. The van der Waals surface area contributed by atoms with Gasteiger partial charge in [-0.2, -0.15) is 0 Å². The van der Waals surface area contributed by atoms with Gasteiger partial charge in [0.05, 0.1) is 18.0 Å². The minimum atomic E-state index is 0.298. The number of methoxy groups -OCH3 is 1. The molecule has 0 amide bonds. The van der Waals surface area contributed by atoms with E-state index in [9.17, 15) is 0 Å². The number of rotatable bonds is 8. The van der Waals surface area contributed by atoms with Crippen LogP contribution in [0.4, 0.5) is 17.6 Å². The maximum absolute atomic E-state index is 5.83. The smallest absolute Gasteiger partial charge is 0.230 e. The molecule has 1 aliphatic carbocycles. The molecule has 1 saturated carbocycles. The van der Waals surface area contributed by atoms with E-state index in [2.05, 4.69) is 19.9 Å². The average Bonchev–Trinajstić information content (AvgIpc) is 3.54. The van der Waals surface area contributed by atoms with Crippen LogP contribution < -0.4 is 10.6 Å². The summed E-state index contributed by atoms with van der Waals surface area (Å²) in [6, 6.07) is 5.74. The van der Waals surface area contributed by atoms with Crippen molar-refractivity contribution in [3.63, 3.8) is 0 Å². The lowest BCUT2D eigenvalue weighted by Crippen LogP contribution is -2.24. The predicted octanol–water partition coefficient (Wildman–Crippen LogP) is 2.65. The van der Waals surface area contributed by atoms with Gasteiger partial charge >= 0.3 is 0 Å². The molecule has 8 nitrogen and oxygen atoms in total. The summed E-state index contributed by atoms with van der Waals surface area (Å²) in [4.78, 5) is 24.1. The zero-order valence-corrected chi connectivity index (χ0v) is 15.8. The number of nitrogen functional groups attached to an aromatic ring is 1. The summed E-state index contributed by atoms with van der Waals surface area (Å²) in [5, 5.41) is 0. The van der Waals surface area contributed by atoms with Crippen LogP contribution in [0.1, 0.15) is 18.5 Å². The molecule has 8 heteroatoms. The number of hydrogen-bond acceptors (Lipinski definition) is 8. The first-order valence-electron chi connectivity index (χ1n) is 9.36. The second-order valence-corrected chi connectivity index (χ2v) is 6.83. The molecule has 0 saturated heterocycles. The molecular formula is C20H23N7O. The Hall–Kier alpha value is -3.13. The minimum absolute atomic E-state index is 0.298. The summed E-state index contributed by atoms with van der Waals surface area (Å²) in [6.07, 6.45) is 10.4. The molecule has 2 N–H and O–H groups in total. The van der Waals surface area contributed by atoms with Gasteiger partial charge < -0.3 is 15.4 Å². The number of ether oxygens (including phenoxy) is 1. The quantitative estimate of drug-likeness (QED) is 0.639. The van der Waals surface area contributed by atoms with E-state index < -0.39 is 0 Å². The summed E-state index contributed by atoms with van der Waals surface area (Å²) in [5.74, 6) is 1.58. The fourth-order valence-electron chi connectivity index (χ4n) is 3.08. The Bertz CT molecular complexity index is 931. The summed E-state index contributed by atoms with van der Waals surface area (Å²) in [7, 11) is 1.68. The summed E-state index contributed by atoms with van der Waals surface area (Å²) in [6.45, 7) is 1.17. The zero-order chi connectivity index (χ0) is 19.3. The van der Waals surface area contributed by atoms with Crippen LogP contribution in [0.3, 0.4) is 0 Å². The van der Waals surface area contributed by atoms with Crippen molar-refractivity contribution < 1.29 is 4.74 Å². The molecule has 3 heterocycles. The van der Waals surface area contributed by atoms with Crippen molar-refractivity contribution in [1.29, 1.82) is 0 Å². The normalized spacial score (nSPS) is 13.5. The first-order valence-corrected chi connectivity index (χ1v) is 9.36. The monoisotopic (exact) mass is 377 g/mol. The average molecular weight is 377 g/mol. The van der Waals surface area contributed by atoms with Gasteiger partial charge in [-0.3, -0.25) is 4.98 Å². The maximum Gasteiger partial charge on any atom is 0.230 e. The Morgan fingerprint density at radius 3 is 2.68 bits per heavy atom. The van der Waals surface area contributed by atoms with Crippen molar-refractivity contribution in [2.24, 2.45) is 5.92 Å². The second-order valence-electron chi connectivity index (χ2n) is 6.83. The van der Waals surface area contributed by atoms with Gasteiger partial charge in [0.15, 0.2) is 0 Å². The van der Waals surface area contributed by atoms with E-state index in [-0.39, 0.29) is 0 Å². The lowest BCUT2D eigenvalue weighted by Gasteiger charge is -2.22. The Labute approximate surface area is 163 Å². The fourth-order valence-corrected chi connectivity index (χ4v) is 3.08. The third-order valence-corrected chi connectivity index (χ3v) is 4.72. The lowest BCUT2D eigenvalue weighted by molar-refractivity contribution is 0.207. The van der Waals surface area contributed by atoms with E-state index in [1.54, 1.807) is 31.9 Å². The first-order chi connectivity index (χ1) is 13.7. The summed E-state index contributed by atoms with van der Waals surface area (Å²) < 4.78 is 5.27. The van der Waals surface area contributed by atoms with Crippen molar-refractivity contribution in [3.8, 4) is 11.3 Å². The Kier molecular flexibility index (Phi) is 5.38. The highest BCUT2D eigenvalue weighted by atomic mass is 16.5. The Morgan fingerprint density at radius 1 is 1.11 bits per heavy atom. The highest BCUT2D eigenvalue weighted by Crippen LogP contribution is 2.35. The van der Waals surface area contributed by atoms with Gasteiger partial charge in [-0.25, -0.2) is 19.9 Å². The molecule has 1 aliphatic rings. The van der Waals surface area contributed by atoms with Gasteiger partial charge in [0.25, 0.3) is 0 Å². The van der Waals surface area contributed by atoms with Crippen LogP contribution in [0.25, 0.3) is 11.3 Å². The van der Waals surface area contributed by atoms with Gasteiger partial charge in [0.2, 0.25) is 11.9 Å². The van der Waals surface area contributed by atoms with Crippen molar-refractivity contribution in [1.82, 2.24) is 24.9 Å². The molecule has 144 valence electrons. The van der Waals surface area contributed by atoms with Crippen LogP contribution in [0.5, 0.6) is 0 Å². The molecule has 0 aromatic carbocycles. The third kappa shape index (κ3) is 4.23. The van der Waals surface area contributed by atoms with E-state index in [0.29, 0.717) is 31.0 Å². The molecule has 0 radical (unpaired) electrons. The van der Waals surface area contributed by atoms with Crippen molar-refractivity contribution in [2.75, 3.05) is 30.9 Å². The largest absolute Gasteiger partial charge is 0.383 e. The van der Waals surface area contributed by atoms with Crippen molar-refractivity contribution >= 4 is 17.6 Å². The maximum atomic E-state index is 5.83. The molecule has 0 aliphatic heterocycles. The number of nitrogens with two attached hydrogens (primary N) is 1. The van der Waals surface area contributed by atoms with Crippen molar-refractivity contribution in [2.45, 2.75) is 19.3 Å². The molecule has 3 aromatic rings. The number of aromatic nitrogens is 5. The zero-order valence-electron chi connectivity index (χ0n) is 15.8. The molecule has 0 bridgehead atoms. The molecule has 0 spiro atoms. The summed E-state index contributed by atoms with van der Waals surface area (Å²) >= 11 is 0. The second kappa shape index (κ2) is 8.26. The van der Waals surface area contributed by atoms with E-state index in [4.69, 9.17) is 15.5 Å². The highest BCUT2D eigenvalue weighted by molar-refractivity contribution is 5.65. The lowest BCUT2D eigenvalue weighted by atomic mass is 10.1. The molecule has 1 fully saturated rings. The molecule has 28 heavy (non-hydrogen) atoms. The van der Waals surface area contributed by atoms with Gasteiger partial charge in [-0.1, -0.05) is 0 Å². The molecular weight excluding hydrogens is 354 g/mol. The van der Waals surface area contributed by atoms with E-state index >= 15 is 0 Å². The number of pyridine rings is 1. The number of nitrogens with zero attached hydrogens (tertiary/aromatic N) is 6. The minimum Gasteiger partial charge on any atom is -0.383 e. The van der Waals surface area contributed by atoms with Crippen molar-refractivity contribution in [3.05, 3.63) is 48.7 Å². The van der Waals surface area contributed by atoms with Crippen LogP contribution in [-0.2, 0) is 11.2 Å². The highest BCUT2D eigenvalue weighted by Gasteiger charge is 2.25. The van der Waals surface area contributed by atoms with Crippen LogP contribution >= 0.6 is 0 Å². The van der Waals surface area contributed by atoms with Gasteiger partial charge in [-0.05, 0) is 43.4 Å².